The van der Waals surface area contributed by atoms with Gasteiger partial charge in [-0.25, -0.2) is 0 Å². The highest BCUT2D eigenvalue weighted by Gasteiger charge is 2.30. The van der Waals surface area contributed by atoms with Crippen molar-refractivity contribution in [3.05, 3.63) is 40.5 Å². The monoisotopic (exact) mass is 284 g/mol. The van der Waals surface area contributed by atoms with Crippen LogP contribution >= 0.6 is 0 Å². The first-order chi connectivity index (χ1) is 9.35. The molecule has 1 aromatic rings. The van der Waals surface area contributed by atoms with Crippen LogP contribution < -0.4 is 0 Å². The van der Waals surface area contributed by atoms with Gasteiger partial charge in [-0.05, 0) is 55.0 Å². The van der Waals surface area contributed by atoms with Crippen molar-refractivity contribution in [2.45, 2.75) is 59.6 Å². The van der Waals surface area contributed by atoms with E-state index in [9.17, 15) is 13.2 Å². The van der Waals surface area contributed by atoms with Crippen molar-refractivity contribution in [1.82, 2.24) is 0 Å². The lowest BCUT2D eigenvalue weighted by Crippen LogP contribution is -2.06. The van der Waals surface area contributed by atoms with E-state index in [4.69, 9.17) is 0 Å². The van der Waals surface area contributed by atoms with Crippen molar-refractivity contribution in [3.63, 3.8) is 0 Å². The van der Waals surface area contributed by atoms with Crippen LogP contribution in [-0.4, -0.2) is 0 Å². The van der Waals surface area contributed by atoms with Crippen molar-refractivity contribution >= 4 is 5.57 Å². The molecule has 112 valence electrons. The van der Waals surface area contributed by atoms with Crippen LogP contribution in [0.3, 0.4) is 0 Å². The Morgan fingerprint density at radius 2 is 1.70 bits per heavy atom. The topological polar surface area (TPSA) is 0 Å². The molecule has 0 saturated carbocycles. The molecular weight excluding hydrogens is 261 g/mol. The van der Waals surface area contributed by atoms with Gasteiger partial charge in [0.05, 0.1) is 5.56 Å². The van der Waals surface area contributed by atoms with E-state index >= 15 is 0 Å². The van der Waals surface area contributed by atoms with Crippen molar-refractivity contribution in [2.24, 2.45) is 0 Å². The van der Waals surface area contributed by atoms with Crippen LogP contribution in [0, 0.1) is 6.92 Å². The second-order valence-electron chi connectivity index (χ2n) is 5.07. The van der Waals surface area contributed by atoms with Crippen LogP contribution in [-0.2, 0) is 6.18 Å². The van der Waals surface area contributed by atoms with E-state index < -0.39 is 11.7 Å². The van der Waals surface area contributed by atoms with E-state index in [1.807, 2.05) is 0 Å². The number of allylic oxidation sites excluding steroid dienone is 2. The molecule has 0 aliphatic heterocycles. The van der Waals surface area contributed by atoms with E-state index in [-0.39, 0.29) is 0 Å². The van der Waals surface area contributed by atoms with Gasteiger partial charge in [0.2, 0.25) is 0 Å². The normalized spacial score (nSPS) is 13.3. The van der Waals surface area contributed by atoms with E-state index in [1.165, 1.54) is 23.3 Å². The zero-order chi connectivity index (χ0) is 15.3. The van der Waals surface area contributed by atoms with Crippen molar-refractivity contribution in [2.75, 3.05) is 0 Å². The average molecular weight is 284 g/mol. The fourth-order valence-electron chi connectivity index (χ4n) is 2.65. The number of benzene rings is 1. The van der Waals surface area contributed by atoms with Crippen LogP contribution in [0.4, 0.5) is 13.2 Å². The summed E-state index contributed by atoms with van der Waals surface area (Å²) in [6, 6.07) is 4.07. The Kier molecular flexibility index (Phi) is 5.85. The largest absolute Gasteiger partial charge is 0.416 e. The minimum atomic E-state index is -4.27. The van der Waals surface area contributed by atoms with Crippen molar-refractivity contribution in [3.8, 4) is 0 Å². The molecule has 1 rings (SSSR count). The third kappa shape index (κ3) is 3.87. The van der Waals surface area contributed by atoms with Gasteiger partial charge in [-0.3, -0.25) is 0 Å². The fourth-order valence-corrected chi connectivity index (χ4v) is 2.65. The lowest BCUT2D eigenvalue weighted by molar-refractivity contribution is -0.137. The molecule has 1 aromatic carbocycles. The predicted molar refractivity (Wildman–Crippen MR) is 78.6 cm³/mol. The molecule has 0 atom stereocenters. The SMILES string of the molecule is CCC/C(CC)=C(\CC)c1ccc(C(F)(F)F)cc1C. The summed E-state index contributed by atoms with van der Waals surface area (Å²) in [5, 5.41) is 0. The van der Waals surface area contributed by atoms with Crippen LogP contribution in [0.2, 0.25) is 0 Å². The van der Waals surface area contributed by atoms with Crippen molar-refractivity contribution in [1.29, 1.82) is 0 Å². The number of hydrogen-bond donors (Lipinski definition) is 0. The van der Waals surface area contributed by atoms with Gasteiger partial charge in [0, 0.05) is 0 Å². The minimum Gasteiger partial charge on any atom is -0.166 e. The molecule has 20 heavy (non-hydrogen) atoms. The first-order valence-corrected chi connectivity index (χ1v) is 7.24. The molecule has 0 bridgehead atoms. The van der Waals surface area contributed by atoms with Gasteiger partial charge in [0.25, 0.3) is 0 Å². The summed E-state index contributed by atoms with van der Waals surface area (Å²) in [7, 11) is 0. The predicted octanol–water partition coefficient (Wildman–Crippen LogP) is 6.39. The molecule has 0 spiro atoms. The Hall–Kier alpha value is -1.25. The first kappa shape index (κ1) is 16.8. The molecule has 0 radical (unpaired) electrons. The van der Waals surface area contributed by atoms with Crippen LogP contribution in [0.5, 0.6) is 0 Å². The van der Waals surface area contributed by atoms with E-state index in [1.54, 1.807) is 13.0 Å². The maximum atomic E-state index is 12.7. The molecule has 0 fully saturated rings. The van der Waals surface area contributed by atoms with Crippen LogP contribution in [0.15, 0.2) is 23.8 Å². The fraction of sp³-hybridized carbons (Fsp3) is 0.529. The summed E-state index contributed by atoms with van der Waals surface area (Å²) in [4.78, 5) is 0. The molecule has 0 unspecified atom stereocenters. The maximum Gasteiger partial charge on any atom is 0.416 e. The van der Waals surface area contributed by atoms with Gasteiger partial charge >= 0.3 is 6.18 Å². The number of aryl methyl sites for hydroxylation is 1. The smallest absolute Gasteiger partial charge is 0.166 e. The average Bonchev–Trinajstić information content (AvgIpc) is 2.38. The van der Waals surface area contributed by atoms with E-state index in [2.05, 4.69) is 20.8 Å². The van der Waals surface area contributed by atoms with Gasteiger partial charge in [0.15, 0.2) is 0 Å². The number of hydrogen-bond acceptors (Lipinski definition) is 0. The van der Waals surface area contributed by atoms with Gasteiger partial charge in [-0.2, -0.15) is 13.2 Å². The number of rotatable bonds is 5. The molecule has 0 aliphatic carbocycles. The van der Waals surface area contributed by atoms with Crippen LogP contribution in [0.25, 0.3) is 5.57 Å². The molecule has 0 nitrogen and oxygen atoms in total. The number of halogens is 3. The summed E-state index contributed by atoms with van der Waals surface area (Å²) in [5.74, 6) is 0. The molecular formula is C17H23F3. The zero-order valence-electron chi connectivity index (χ0n) is 12.7. The van der Waals surface area contributed by atoms with E-state index in [0.717, 1.165) is 31.2 Å². The maximum absolute atomic E-state index is 12.7. The number of alkyl halides is 3. The summed E-state index contributed by atoms with van der Waals surface area (Å²) in [6.45, 7) is 8.07. The third-order valence-electron chi connectivity index (χ3n) is 3.64. The molecule has 0 N–H and O–H groups in total. The van der Waals surface area contributed by atoms with E-state index in [0.29, 0.717) is 5.56 Å². The Labute approximate surface area is 119 Å². The lowest BCUT2D eigenvalue weighted by atomic mass is 9.90. The summed E-state index contributed by atoms with van der Waals surface area (Å²) >= 11 is 0. The summed E-state index contributed by atoms with van der Waals surface area (Å²) in [6.07, 6.45) is -0.379. The molecule has 0 aliphatic rings. The van der Waals surface area contributed by atoms with Crippen molar-refractivity contribution < 1.29 is 13.2 Å². The highest BCUT2D eigenvalue weighted by atomic mass is 19.4. The van der Waals surface area contributed by atoms with Gasteiger partial charge < -0.3 is 0 Å². The lowest BCUT2D eigenvalue weighted by Gasteiger charge is -2.17. The van der Waals surface area contributed by atoms with Gasteiger partial charge in [-0.15, -0.1) is 0 Å². The highest BCUT2D eigenvalue weighted by molar-refractivity contribution is 5.71. The van der Waals surface area contributed by atoms with Gasteiger partial charge in [-0.1, -0.05) is 38.8 Å². The standard InChI is InChI=1S/C17H23F3/c1-5-8-13(6-2)15(7-3)16-10-9-14(11-12(16)4)17(18,19)20/h9-11H,5-8H2,1-4H3/b15-13+. The molecule has 0 amide bonds. The first-order valence-electron chi connectivity index (χ1n) is 7.24. The molecule has 0 heterocycles. The minimum absolute atomic E-state index is 0.567. The Bertz CT molecular complexity index is 481. The molecule has 0 aromatic heterocycles. The Morgan fingerprint density at radius 1 is 1.05 bits per heavy atom. The highest BCUT2D eigenvalue weighted by Crippen LogP contribution is 2.34. The quantitative estimate of drug-likeness (QED) is 0.588. The Balaban J connectivity index is 3.31. The Morgan fingerprint density at radius 3 is 2.10 bits per heavy atom. The zero-order valence-corrected chi connectivity index (χ0v) is 12.7. The molecule has 0 saturated heterocycles. The van der Waals surface area contributed by atoms with Crippen LogP contribution in [0.1, 0.15) is 63.1 Å². The second kappa shape index (κ2) is 6.96. The second-order valence-corrected chi connectivity index (χ2v) is 5.07. The summed E-state index contributed by atoms with van der Waals surface area (Å²) in [5.41, 5.74) is 3.67. The van der Waals surface area contributed by atoms with Gasteiger partial charge in [0.1, 0.15) is 0 Å². The summed E-state index contributed by atoms with van der Waals surface area (Å²) < 4.78 is 38.1. The molecule has 3 heteroatoms. The third-order valence-corrected chi connectivity index (χ3v) is 3.64.